The molecule has 4 heteroatoms. The molecule has 2 rings (SSSR count). The lowest BCUT2D eigenvalue weighted by Crippen LogP contribution is -2.30. The first-order chi connectivity index (χ1) is 7.74. The van der Waals surface area contributed by atoms with E-state index in [9.17, 15) is 0 Å². The summed E-state index contributed by atoms with van der Waals surface area (Å²) in [6.07, 6.45) is 6.70. The average Bonchev–Trinajstić information content (AvgIpc) is 2.27. The minimum absolute atomic E-state index is 0. The topological polar surface area (TPSA) is 12.0 Å². The number of halogens is 3. The summed E-state index contributed by atoms with van der Waals surface area (Å²) in [7, 11) is 0. The Morgan fingerprint density at radius 1 is 1.00 bits per heavy atom. The summed E-state index contributed by atoms with van der Waals surface area (Å²) in [5.74, 6) is 0. The molecule has 1 fully saturated rings. The highest BCUT2D eigenvalue weighted by Crippen LogP contribution is 2.21. The lowest BCUT2D eigenvalue weighted by molar-refractivity contribution is 0.372. The molecular formula is C13H18Cl3N. The van der Waals surface area contributed by atoms with Gasteiger partial charge in [-0.05, 0) is 36.6 Å². The van der Waals surface area contributed by atoms with Gasteiger partial charge in [0.15, 0.2) is 0 Å². The number of hydrogen-bond acceptors (Lipinski definition) is 1. The Morgan fingerprint density at radius 3 is 2.18 bits per heavy atom. The molecule has 0 aromatic heterocycles. The fourth-order valence-electron chi connectivity index (χ4n) is 2.28. The highest BCUT2D eigenvalue weighted by Gasteiger charge is 2.12. The molecular weight excluding hydrogens is 277 g/mol. The van der Waals surface area contributed by atoms with Crippen LogP contribution in [0.1, 0.15) is 37.7 Å². The summed E-state index contributed by atoms with van der Waals surface area (Å²) in [5, 5.41) is 5.01. The number of nitrogens with one attached hydrogen (secondary N) is 1. The fraction of sp³-hybridized carbons (Fsp3) is 0.538. The maximum Gasteiger partial charge on any atom is 0.0424 e. The molecule has 1 saturated carbocycles. The first-order valence-corrected chi connectivity index (χ1v) is 6.68. The second-order valence-electron chi connectivity index (χ2n) is 4.49. The van der Waals surface area contributed by atoms with E-state index >= 15 is 0 Å². The van der Waals surface area contributed by atoms with E-state index < -0.39 is 0 Å². The third kappa shape index (κ3) is 5.05. The van der Waals surface area contributed by atoms with Gasteiger partial charge in [-0.2, -0.15) is 0 Å². The maximum absolute atomic E-state index is 5.96. The van der Waals surface area contributed by atoms with E-state index in [0.717, 1.165) is 6.54 Å². The highest BCUT2D eigenvalue weighted by atomic mass is 35.5. The number of rotatable bonds is 3. The van der Waals surface area contributed by atoms with Crippen molar-refractivity contribution in [1.29, 1.82) is 0 Å². The second-order valence-corrected chi connectivity index (χ2v) is 5.37. The van der Waals surface area contributed by atoms with Gasteiger partial charge < -0.3 is 5.32 Å². The molecule has 17 heavy (non-hydrogen) atoms. The van der Waals surface area contributed by atoms with E-state index in [1.807, 2.05) is 12.1 Å². The molecule has 0 saturated heterocycles. The molecule has 0 atom stereocenters. The molecule has 1 N–H and O–H groups in total. The molecule has 1 aliphatic rings. The van der Waals surface area contributed by atoms with Gasteiger partial charge in [-0.3, -0.25) is 0 Å². The molecule has 1 aromatic rings. The van der Waals surface area contributed by atoms with Gasteiger partial charge in [0.1, 0.15) is 0 Å². The molecule has 0 heterocycles. The number of hydrogen-bond donors (Lipinski definition) is 1. The van der Waals surface area contributed by atoms with E-state index in [4.69, 9.17) is 23.2 Å². The SMILES string of the molecule is Cl.Clc1cc(Cl)cc(CNC2CCCCC2)c1. The van der Waals surface area contributed by atoms with Crippen LogP contribution in [0.5, 0.6) is 0 Å². The van der Waals surface area contributed by atoms with Gasteiger partial charge in [0.2, 0.25) is 0 Å². The molecule has 1 aromatic carbocycles. The van der Waals surface area contributed by atoms with Crippen LogP contribution in [0.15, 0.2) is 18.2 Å². The van der Waals surface area contributed by atoms with Crippen LogP contribution in [0.2, 0.25) is 10.0 Å². The quantitative estimate of drug-likeness (QED) is 0.841. The predicted molar refractivity (Wildman–Crippen MR) is 77.4 cm³/mol. The Hall–Kier alpha value is 0.0500. The van der Waals surface area contributed by atoms with Crippen LogP contribution in [0.3, 0.4) is 0 Å². The normalized spacial score (nSPS) is 16.6. The molecule has 96 valence electrons. The van der Waals surface area contributed by atoms with Crippen LogP contribution >= 0.6 is 35.6 Å². The first-order valence-electron chi connectivity index (χ1n) is 5.92. The van der Waals surface area contributed by atoms with Gasteiger partial charge in [-0.1, -0.05) is 42.5 Å². The fourth-order valence-corrected chi connectivity index (χ4v) is 2.85. The molecule has 0 radical (unpaired) electrons. The van der Waals surface area contributed by atoms with E-state index in [-0.39, 0.29) is 12.4 Å². The van der Waals surface area contributed by atoms with E-state index in [2.05, 4.69) is 5.32 Å². The first kappa shape index (κ1) is 15.1. The van der Waals surface area contributed by atoms with Crippen LogP contribution < -0.4 is 5.32 Å². The third-order valence-corrected chi connectivity index (χ3v) is 3.56. The summed E-state index contributed by atoms with van der Waals surface area (Å²) in [6, 6.07) is 6.39. The molecule has 0 spiro atoms. The minimum Gasteiger partial charge on any atom is -0.310 e. The lowest BCUT2D eigenvalue weighted by atomic mass is 9.95. The van der Waals surface area contributed by atoms with Gasteiger partial charge in [-0.15, -0.1) is 12.4 Å². The summed E-state index contributed by atoms with van der Waals surface area (Å²) in [5.41, 5.74) is 1.17. The van der Waals surface area contributed by atoms with Crippen molar-refractivity contribution < 1.29 is 0 Å². The van der Waals surface area contributed by atoms with Crippen molar-refractivity contribution in [3.63, 3.8) is 0 Å². The predicted octanol–water partition coefficient (Wildman–Crippen LogP) is 4.84. The Bertz CT molecular complexity index is 328. The van der Waals surface area contributed by atoms with E-state index in [0.29, 0.717) is 16.1 Å². The summed E-state index contributed by atoms with van der Waals surface area (Å²) < 4.78 is 0. The second kappa shape index (κ2) is 7.48. The Labute approximate surface area is 119 Å². The van der Waals surface area contributed by atoms with E-state index in [1.54, 1.807) is 6.07 Å². The van der Waals surface area contributed by atoms with Crippen molar-refractivity contribution in [3.05, 3.63) is 33.8 Å². The summed E-state index contributed by atoms with van der Waals surface area (Å²) in [4.78, 5) is 0. The minimum atomic E-state index is 0. The van der Waals surface area contributed by atoms with Crippen molar-refractivity contribution in [2.45, 2.75) is 44.7 Å². The van der Waals surface area contributed by atoms with Crippen LogP contribution in [0, 0.1) is 0 Å². The van der Waals surface area contributed by atoms with Crippen LogP contribution in [-0.4, -0.2) is 6.04 Å². The molecule has 0 unspecified atom stereocenters. The average molecular weight is 295 g/mol. The Kier molecular flexibility index (Phi) is 6.65. The smallest absolute Gasteiger partial charge is 0.0424 e. The largest absolute Gasteiger partial charge is 0.310 e. The standard InChI is InChI=1S/C13H17Cl2N.ClH/c14-11-6-10(7-12(15)8-11)9-16-13-4-2-1-3-5-13;/h6-8,13,16H,1-5,9H2;1H. The van der Waals surface area contributed by atoms with Crippen molar-refractivity contribution >= 4 is 35.6 Å². The highest BCUT2D eigenvalue weighted by molar-refractivity contribution is 6.34. The summed E-state index contributed by atoms with van der Waals surface area (Å²) in [6.45, 7) is 0.866. The van der Waals surface area contributed by atoms with Crippen LogP contribution in [0.25, 0.3) is 0 Å². The van der Waals surface area contributed by atoms with Crippen LogP contribution in [0.4, 0.5) is 0 Å². The van der Waals surface area contributed by atoms with Crippen molar-refractivity contribution in [2.75, 3.05) is 0 Å². The molecule has 0 amide bonds. The van der Waals surface area contributed by atoms with Crippen LogP contribution in [-0.2, 0) is 6.54 Å². The van der Waals surface area contributed by atoms with Gasteiger partial charge in [0.25, 0.3) is 0 Å². The monoisotopic (exact) mass is 293 g/mol. The lowest BCUT2D eigenvalue weighted by Gasteiger charge is -2.22. The van der Waals surface area contributed by atoms with Gasteiger partial charge in [0, 0.05) is 22.6 Å². The molecule has 1 aliphatic carbocycles. The Morgan fingerprint density at radius 2 is 1.59 bits per heavy atom. The van der Waals surface area contributed by atoms with Gasteiger partial charge in [0.05, 0.1) is 0 Å². The molecule has 0 aliphatic heterocycles. The van der Waals surface area contributed by atoms with Crippen molar-refractivity contribution in [3.8, 4) is 0 Å². The zero-order valence-corrected chi connectivity index (χ0v) is 12.0. The maximum atomic E-state index is 5.96. The molecule has 0 bridgehead atoms. The third-order valence-electron chi connectivity index (χ3n) is 3.12. The van der Waals surface area contributed by atoms with Crippen molar-refractivity contribution in [2.24, 2.45) is 0 Å². The zero-order chi connectivity index (χ0) is 11.4. The van der Waals surface area contributed by atoms with Gasteiger partial charge >= 0.3 is 0 Å². The zero-order valence-electron chi connectivity index (χ0n) is 9.72. The number of benzene rings is 1. The molecule has 1 nitrogen and oxygen atoms in total. The van der Waals surface area contributed by atoms with E-state index in [1.165, 1.54) is 37.7 Å². The van der Waals surface area contributed by atoms with Crippen molar-refractivity contribution in [1.82, 2.24) is 5.32 Å². The summed E-state index contributed by atoms with van der Waals surface area (Å²) >= 11 is 11.9. The van der Waals surface area contributed by atoms with Gasteiger partial charge in [-0.25, -0.2) is 0 Å². The Balaban J connectivity index is 0.00000144.